The van der Waals surface area contributed by atoms with Gasteiger partial charge in [0.05, 0.1) is 0 Å². The van der Waals surface area contributed by atoms with Gasteiger partial charge in [-0.15, -0.1) is 0 Å². The van der Waals surface area contributed by atoms with Crippen LogP contribution in [0, 0.1) is 0 Å². The summed E-state index contributed by atoms with van der Waals surface area (Å²) < 4.78 is 0. The fourth-order valence-corrected chi connectivity index (χ4v) is 6.02. The van der Waals surface area contributed by atoms with Gasteiger partial charge in [0.2, 0.25) is 0 Å². The topological polar surface area (TPSA) is 6.48 Å². The van der Waals surface area contributed by atoms with Gasteiger partial charge in [0.1, 0.15) is 6.17 Å². The van der Waals surface area contributed by atoms with Gasteiger partial charge in [-0.2, -0.15) is 0 Å². The highest BCUT2D eigenvalue weighted by molar-refractivity contribution is 5.16. The van der Waals surface area contributed by atoms with Crippen LogP contribution in [0.2, 0.25) is 0 Å². The normalized spacial score (nSPS) is 15.2. The zero-order chi connectivity index (χ0) is 26.9. The molecule has 0 spiro atoms. The third-order valence-electron chi connectivity index (χ3n) is 8.51. The molecule has 0 fully saturated rings. The number of unbranched alkanes of at least 4 members (excludes halogenated alkanes) is 20. The van der Waals surface area contributed by atoms with Crippen molar-refractivity contribution in [3.05, 3.63) is 48.3 Å². The highest BCUT2D eigenvalue weighted by atomic mass is 15.4. The van der Waals surface area contributed by atoms with E-state index in [0.29, 0.717) is 6.17 Å². The van der Waals surface area contributed by atoms with Gasteiger partial charge in [0.15, 0.2) is 0 Å². The van der Waals surface area contributed by atoms with Crippen LogP contribution in [-0.4, -0.2) is 22.5 Å². The summed E-state index contributed by atoms with van der Waals surface area (Å²) in [6, 6.07) is 11.0. The van der Waals surface area contributed by atoms with E-state index in [1.54, 1.807) is 0 Å². The molecule has 0 radical (unpaired) electrons. The molecule has 1 aromatic carbocycles. The lowest BCUT2D eigenvalue weighted by molar-refractivity contribution is 0.132. The molecular formula is C36H64N2. The third kappa shape index (κ3) is 15.8. The van der Waals surface area contributed by atoms with E-state index in [4.69, 9.17) is 0 Å². The summed E-state index contributed by atoms with van der Waals surface area (Å²) in [7, 11) is 0. The van der Waals surface area contributed by atoms with Crippen molar-refractivity contribution in [1.82, 2.24) is 9.80 Å². The first-order valence-corrected chi connectivity index (χ1v) is 17.1. The lowest BCUT2D eigenvalue weighted by Crippen LogP contribution is -2.38. The first-order valence-electron chi connectivity index (χ1n) is 17.1. The fourth-order valence-electron chi connectivity index (χ4n) is 6.02. The van der Waals surface area contributed by atoms with Gasteiger partial charge in [-0.25, -0.2) is 0 Å². The van der Waals surface area contributed by atoms with Gasteiger partial charge in [0, 0.05) is 25.5 Å². The summed E-state index contributed by atoms with van der Waals surface area (Å²) in [5.41, 5.74) is 1.43. The molecule has 1 aromatic rings. The standard InChI is InChI=1S/C36H64N2/c1-3-5-7-9-11-13-15-17-19-21-26-30-36-37(32-33-38(36)34-35-28-24-23-25-29-35)31-27-22-20-18-16-14-12-10-8-6-4-2/h23-25,28-29,32-33,36H,3-22,26-27,30-31,34H2,1-2H3. The maximum Gasteiger partial charge on any atom is 0.101 e. The van der Waals surface area contributed by atoms with Gasteiger partial charge < -0.3 is 9.80 Å². The molecule has 1 aliphatic rings. The second kappa shape index (κ2) is 23.4. The van der Waals surface area contributed by atoms with Crippen molar-refractivity contribution in [2.45, 2.75) is 174 Å². The molecule has 38 heavy (non-hydrogen) atoms. The van der Waals surface area contributed by atoms with E-state index < -0.39 is 0 Å². The minimum atomic E-state index is 0.553. The molecule has 0 saturated heterocycles. The summed E-state index contributed by atoms with van der Waals surface area (Å²) in [6.45, 7) is 6.87. The first-order chi connectivity index (χ1) is 18.8. The van der Waals surface area contributed by atoms with Crippen LogP contribution in [-0.2, 0) is 6.54 Å². The van der Waals surface area contributed by atoms with Crippen molar-refractivity contribution >= 4 is 0 Å². The number of hydrogen-bond acceptors (Lipinski definition) is 2. The first kappa shape index (κ1) is 32.8. The van der Waals surface area contributed by atoms with Gasteiger partial charge in [-0.3, -0.25) is 0 Å². The van der Waals surface area contributed by atoms with Crippen LogP contribution in [0.15, 0.2) is 42.7 Å². The molecule has 2 nitrogen and oxygen atoms in total. The van der Waals surface area contributed by atoms with Gasteiger partial charge >= 0.3 is 0 Å². The average Bonchev–Trinajstić information content (AvgIpc) is 3.31. The van der Waals surface area contributed by atoms with Crippen molar-refractivity contribution in [2.75, 3.05) is 6.54 Å². The Morgan fingerprint density at radius 1 is 0.474 bits per heavy atom. The Hall–Kier alpha value is -1.44. The van der Waals surface area contributed by atoms with E-state index in [9.17, 15) is 0 Å². The van der Waals surface area contributed by atoms with Gasteiger partial charge in [-0.1, -0.05) is 173 Å². The van der Waals surface area contributed by atoms with Gasteiger partial charge in [0.25, 0.3) is 0 Å². The number of rotatable bonds is 26. The molecule has 218 valence electrons. The second-order valence-corrected chi connectivity index (χ2v) is 12.0. The molecule has 0 saturated carbocycles. The Balaban J connectivity index is 1.61. The molecule has 2 heteroatoms. The molecular weight excluding hydrogens is 460 g/mol. The Morgan fingerprint density at radius 2 is 0.895 bits per heavy atom. The quantitative estimate of drug-likeness (QED) is 0.111. The molecule has 2 rings (SSSR count). The minimum absolute atomic E-state index is 0.553. The predicted octanol–water partition coefficient (Wildman–Crippen LogP) is 11.6. The van der Waals surface area contributed by atoms with Crippen LogP contribution in [0.5, 0.6) is 0 Å². The number of hydrogen-bond donors (Lipinski definition) is 0. The smallest absolute Gasteiger partial charge is 0.101 e. The Bertz CT molecular complexity index is 655. The van der Waals surface area contributed by atoms with Crippen LogP contribution in [0.3, 0.4) is 0 Å². The zero-order valence-electron chi connectivity index (χ0n) is 25.7. The second-order valence-electron chi connectivity index (χ2n) is 12.0. The van der Waals surface area contributed by atoms with Crippen molar-refractivity contribution in [3.8, 4) is 0 Å². The van der Waals surface area contributed by atoms with Crippen LogP contribution in [0.1, 0.15) is 167 Å². The third-order valence-corrected chi connectivity index (χ3v) is 8.51. The van der Waals surface area contributed by atoms with E-state index in [2.05, 4.69) is 66.4 Å². The van der Waals surface area contributed by atoms with Crippen LogP contribution in [0.25, 0.3) is 0 Å². The summed E-state index contributed by atoms with van der Waals surface area (Å²) in [4.78, 5) is 5.26. The van der Waals surface area contributed by atoms with Crippen LogP contribution < -0.4 is 0 Å². The Labute approximate surface area is 238 Å². The lowest BCUT2D eigenvalue weighted by Gasteiger charge is -2.33. The highest BCUT2D eigenvalue weighted by Crippen LogP contribution is 2.25. The molecule has 1 atom stereocenters. The Morgan fingerprint density at radius 3 is 1.39 bits per heavy atom. The minimum Gasteiger partial charge on any atom is -0.356 e. The molecule has 1 aliphatic heterocycles. The fraction of sp³-hybridized carbons (Fsp3) is 0.778. The lowest BCUT2D eigenvalue weighted by atomic mass is 10.0. The SMILES string of the molecule is CCCCCCCCCCCCCC1N(CCCCCCCCCCCCC)C=CN1Cc1ccccc1. The molecule has 0 bridgehead atoms. The molecule has 0 N–H and O–H groups in total. The summed E-state index contributed by atoms with van der Waals surface area (Å²) >= 11 is 0. The molecule has 0 amide bonds. The maximum atomic E-state index is 2.66. The van der Waals surface area contributed by atoms with Crippen LogP contribution >= 0.6 is 0 Å². The van der Waals surface area contributed by atoms with Crippen molar-refractivity contribution in [2.24, 2.45) is 0 Å². The van der Waals surface area contributed by atoms with Crippen molar-refractivity contribution in [1.29, 1.82) is 0 Å². The largest absolute Gasteiger partial charge is 0.356 e. The number of benzene rings is 1. The molecule has 0 aromatic heterocycles. The van der Waals surface area contributed by atoms with Crippen LogP contribution in [0.4, 0.5) is 0 Å². The average molecular weight is 525 g/mol. The van der Waals surface area contributed by atoms with E-state index in [1.807, 2.05) is 0 Å². The predicted molar refractivity (Wildman–Crippen MR) is 169 cm³/mol. The van der Waals surface area contributed by atoms with E-state index in [-0.39, 0.29) is 0 Å². The number of nitrogens with zero attached hydrogens (tertiary/aromatic N) is 2. The Kier molecular flexibility index (Phi) is 20.2. The zero-order valence-corrected chi connectivity index (χ0v) is 25.7. The van der Waals surface area contributed by atoms with Crippen molar-refractivity contribution in [3.63, 3.8) is 0 Å². The van der Waals surface area contributed by atoms with E-state index in [0.717, 1.165) is 6.54 Å². The van der Waals surface area contributed by atoms with Gasteiger partial charge in [-0.05, 0) is 24.8 Å². The summed E-state index contributed by atoms with van der Waals surface area (Å²) in [6.07, 6.45) is 37.9. The molecule has 1 unspecified atom stereocenters. The molecule has 1 heterocycles. The summed E-state index contributed by atoms with van der Waals surface area (Å²) in [5.74, 6) is 0. The van der Waals surface area contributed by atoms with Crippen molar-refractivity contribution < 1.29 is 0 Å². The van der Waals surface area contributed by atoms with E-state index >= 15 is 0 Å². The van der Waals surface area contributed by atoms with E-state index in [1.165, 1.54) is 160 Å². The monoisotopic (exact) mass is 525 g/mol. The summed E-state index contributed by atoms with van der Waals surface area (Å²) in [5, 5.41) is 0. The maximum absolute atomic E-state index is 2.66. The highest BCUT2D eigenvalue weighted by Gasteiger charge is 2.25. The molecule has 0 aliphatic carbocycles.